The Hall–Kier alpha value is 0.150. The summed E-state index contributed by atoms with van der Waals surface area (Å²) in [5, 5.41) is 0. The topological polar surface area (TPSA) is 35.5 Å². The van der Waals surface area contributed by atoms with Gasteiger partial charge in [0, 0.05) is 0 Å². The van der Waals surface area contributed by atoms with Crippen LogP contribution in [-0.2, 0) is 13.6 Å². The van der Waals surface area contributed by atoms with E-state index in [1.165, 1.54) is 32.1 Å². The average Bonchev–Trinajstić information content (AvgIpc) is 2.44. The largest absolute Gasteiger partial charge is 0.330 e. The molecule has 4 heteroatoms. The summed E-state index contributed by atoms with van der Waals surface area (Å²) in [6.07, 6.45) is 10.3. The van der Waals surface area contributed by atoms with Crippen molar-refractivity contribution < 1.29 is 13.6 Å². The summed E-state index contributed by atoms with van der Waals surface area (Å²) in [4.78, 5) is 0. The number of hydrogen-bond acceptors (Lipinski definition) is 3. The molecule has 1 aliphatic carbocycles. The minimum absolute atomic E-state index is 0.395. The predicted molar refractivity (Wildman–Crippen MR) is 85.3 cm³/mol. The quantitative estimate of drug-likeness (QED) is 0.490. The van der Waals surface area contributed by atoms with Crippen molar-refractivity contribution in [2.24, 2.45) is 11.8 Å². The third kappa shape index (κ3) is 7.81. The van der Waals surface area contributed by atoms with Crippen LogP contribution in [0, 0.1) is 11.8 Å². The van der Waals surface area contributed by atoms with Gasteiger partial charge in [-0.3, -0.25) is 4.57 Å². The highest BCUT2D eigenvalue weighted by Crippen LogP contribution is 2.49. The summed E-state index contributed by atoms with van der Waals surface area (Å²) in [5.74, 6) is 1.17. The molecule has 1 rings (SSSR count). The van der Waals surface area contributed by atoms with Crippen molar-refractivity contribution in [3.63, 3.8) is 0 Å². The van der Waals surface area contributed by atoms with Crippen LogP contribution in [0.5, 0.6) is 0 Å². The monoisotopic (exact) mass is 304 g/mol. The SMILES string of the molecule is CCCCP(=O)(OCCC1CCCCC1)OCC(C)C. The van der Waals surface area contributed by atoms with Crippen molar-refractivity contribution in [2.45, 2.75) is 72.1 Å². The fourth-order valence-corrected chi connectivity index (χ4v) is 4.56. The second-order valence-electron chi connectivity index (χ2n) is 6.50. The van der Waals surface area contributed by atoms with Crippen molar-refractivity contribution in [1.82, 2.24) is 0 Å². The molecule has 0 spiro atoms. The second kappa shape index (κ2) is 9.97. The van der Waals surface area contributed by atoms with E-state index in [-0.39, 0.29) is 0 Å². The zero-order chi connectivity index (χ0) is 14.8. The lowest BCUT2D eigenvalue weighted by Gasteiger charge is -2.23. The average molecular weight is 304 g/mol. The van der Waals surface area contributed by atoms with Crippen molar-refractivity contribution >= 4 is 7.60 Å². The molecule has 0 aliphatic heterocycles. The minimum atomic E-state index is -2.86. The molecule has 0 bridgehead atoms. The van der Waals surface area contributed by atoms with Gasteiger partial charge in [0.15, 0.2) is 0 Å². The Kier molecular flexibility index (Phi) is 9.08. The van der Waals surface area contributed by atoms with Gasteiger partial charge in [-0.05, 0) is 24.7 Å². The maximum absolute atomic E-state index is 12.7. The molecule has 1 fully saturated rings. The van der Waals surface area contributed by atoms with Crippen LogP contribution in [0.15, 0.2) is 0 Å². The van der Waals surface area contributed by atoms with Gasteiger partial charge in [0.25, 0.3) is 0 Å². The first-order valence-electron chi connectivity index (χ1n) is 8.44. The van der Waals surface area contributed by atoms with E-state index in [4.69, 9.17) is 9.05 Å². The van der Waals surface area contributed by atoms with Crippen LogP contribution in [-0.4, -0.2) is 19.4 Å². The van der Waals surface area contributed by atoms with E-state index in [0.717, 1.165) is 25.2 Å². The first kappa shape index (κ1) is 18.2. The van der Waals surface area contributed by atoms with Crippen molar-refractivity contribution in [1.29, 1.82) is 0 Å². The molecule has 1 unspecified atom stereocenters. The molecular weight excluding hydrogens is 271 g/mol. The molecule has 1 atom stereocenters. The lowest BCUT2D eigenvalue weighted by molar-refractivity contribution is 0.172. The standard InChI is InChI=1S/C16H33O3P/c1-4-5-13-20(17,19-14-15(2)3)18-12-11-16-9-7-6-8-10-16/h15-16H,4-14H2,1-3H3. The number of rotatable bonds is 10. The highest BCUT2D eigenvalue weighted by molar-refractivity contribution is 7.53. The van der Waals surface area contributed by atoms with Crippen molar-refractivity contribution in [3.05, 3.63) is 0 Å². The zero-order valence-corrected chi connectivity index (χ0v) is 14.5. The number of unbranched alkanes of at least 4 members (excludes halogenated alkanes) is 1. The van der Waals surface area contributed by atoms with Crippen LogP contribution in [0.25, 0.3) is 0 Å². The molecule has 0 heterocycles. The molecule has 0 aromatic heterocycles. The smallest absolute Gasteiger partial charge is 0.309 e. The van der Waals surface area contributed by atoms with Crippen LogP contribution in [0.4, 0.5) is 0 Å². The summed E-state index contributed by atoms with van der Waals surface area (Å²) < 4.78 is 24.0. The van der Waals surface area contributed by atoms with Gasteiger partial charge in [-0.15, -0.1) is 0 Å². The summed E-state index contributed by atoms with van der Waals surface area (Å²) in [6.45, 7) is 7.39. The first-order valence-corrected chi connectivity index (χ1v) is 10.2. The normalized spacial score (nSPS) is 20.2. The zero-order valence-electron chi connectivity index (χ0n) is 13.6. The molecule has 0 aromatic carbocycles. The fourth-order valence-electron chi connectivity index (χ4n) is 2.62. The second-order valence-corrected chi connectivity index (χ2v) is 8.69. The Balaban J connectivity index is 2.32. The lowest BCUT2D eigenvalue weighted by atomic mass is 9.87. The van der Waals surface area contributed by atoms with Crippen LogP contribution >= 0.6 is 7.60 Å². The van der Waals surface area contributed by atoms with Gasteiger partial charge in [-0.25, -0.2) is 0 Å². The summed E-state index contributed by atoms with van der Waals surface area (Å²) >= 11 is 0. The maximum Gasteiger partial charge on any atom is 0.330 e. The van der Waals surface area contributed by atoms with Crippen LogP contribution in [0.2, 0.25) is 0 Å². The van der Waals surface area contributed by atoms with E-state index < -0.39 is 7.60 Å². The third-order valence-electron chi connectivity index (χ3n) is 3.93. The molecule has 0 amide bonds. The Morgan fingerprint density at radius 1 is 1.15 bits per heavy atom. The van der Waals surface area contributed by atoms with E-state index in [1.54, 1.807) is 0 Å². The van der Waals surface area contributed by atoms with Gasteiger partial charge in [-0.2, -0.15) is 0 Å². The van der Waals surface area contributed by atoms with Crippen LogP contribution in [0.3, 0.4) is 0 Å². The number of hydrogen-bond donors (Lipinski definition) is 0. The predicted octanol–water partition coefficient (Wildman–Crippen LogP) is 5.64. The molecule has 0 N–H and O–H groups in total. The Morgan fingerprint density at radius 3 is 2.45 bits per heavy atom. The third-order valence-corrected chi connectivity index (χ3v) is 5.91. The van der Waals surface area contributed by atoms with E-state index in [2.05, 4.69) is 20.8 Å². The van der Waals surface area contributed by atoms with Crippen LogP contribution in [0.1, 0.15) is 72.1 Å². The van der Waals surface area contributed by atoms with E-state index >= 15 is 0 Å². The van der Waals surface area contributed by atoms with E-state index in [1.807, 2.05) is 0 Å². The maximum atomic E-state index is 12.7. The fraction of sp³-hybridized carbons (Fsp3) is 1.00. The molecular formula is C16H33O3P. The molecule has 0 saturated heterocycles. The van der Waals surface area contributed by atoms with E-state index in [9.17, 15) is 4.57 Å². The summed E-state index contributed by atoms with van der Waals surface area (Å²) in [7, 11) is -2.86. The molecule has 0 radical (unpaired) electrons. The minimum Gasteiger partial charge on any atom is -0.309 e. The van der Waals surface area contributed by atoms with Crippen molar-refractivity contribution in [2.75, 3.05) is 19.4 Å². The lowest BCUT2D eigenvalue weighted by Crippen LogP contribution is -2.11. The molecule has 0 aromatic rings. The summed E-state index contributed by atoms with van der Waals surface area (Å²) in [6, 6.07) is 0. The summed E-state index contributed by atoms with van der Waals surface area (Å²) in [5.41, 5.74) is 0. The van der Waals surface area contributed by atoms with Gasteiger partial charge >= 0.3 is 7.60 Å². The molecule has 20 heavy (non-hydrogen) atoms. The van der Waals surface area contributed by atoms with Gasteiger partial charge < -0.3 is 9.05 Å². The van der Waals surface area contributed by atoms with Crippen molar-refractivity contribution in [3.8, 4) is 0 Å². The van der Waals surface area contributed by atoms with E-state index in [0.29, 0.717) is 25.3 Å². The highest BCUT2D eigenvalue weighted by Gasteiger charge is 2.25. The molecule has 1 saturated carbocycles. The molecule has 3 nitrogen and oxygen atoms in total. The molecule has 120 valence electrons. The Bertz CT molecular complexity index is 285. The highest BCUT2D eigenvalue weighted by atomic mass is 31.2. The molecule has 1 aliphatic rings. The van der Waals surface area contributed by atoms with Gasteiger partial charge in [0.1, 0.15) is 0 Å². The van der Waals surface area contributed by atoms with Gasteiger partial charge in [0.05, 0.1) is 19.4 Å². The van der Waals surface area contributed by atoms with Crippen LogP contribution < -0.4 is 0 Å². The van der Waals surface area contributed by atoms with Gasteiger partial charge in [0.2, 0.25) is 0 Å². The Morgan fingerprint density at radius 2 is 1.85 bits per heavy atom. The van der Waals surface area contributed by atoms with Gasteiger partial charge in [-0.1, -0.05) is 59.3 Å². The first-order chi connectivity index (χ1) is 9.56. The Labute approximate surface area is 125 Å².